The molecule has 0 saturated heterocycles. The highest BCUT2D eigenvalue weighted by atomic mass is 35.5. The molecule has 0 unspecified atom stereocenters. The van der Waals surface area contributed by atoms with Crippen molar-refractivity contribution in [3.8, 4) is 0 Å². The monoisotopic (exact) mass is 424 g/mol. The van der Waals surface area contributed by atoms with Gasteiger partial charge in [-0.25, -0.2) is 9.78 Å². The molecule has 3 aromatic rings. The summed E-state index contributed by atoms with van der Waals surface area (Å²) in [4.78, 5) is 42.9. The summed E-state index contributed by atoms with van der Waals surface area (Å²) in [5.41, 5.74) is -2.37. The van der Waals surface area contributed by atoms with Gasteiger partial charge in [-0.05, 0) is 37.1 Å². The van der Waals surface area contributed by atoms with Crippen molar-refractivity contribution in [1.29, 1.82) is 0 Å². The lowest BCUT2D eigenvalue weighted by Gasteiger charge is -2.12. The lowest BCUT2D eigenvalue weighted by Crippen LogP contribution is -2.30. The third-order valence-electron chi connectivity index (χ3n) is 4.48. The second-order valence-electron chi connectivity index (χ2n) is 6.60. The highest BCUT2D eigenvalue weighted by molar-refractivity contribution is 6.31. The Bertz CT molecular complexity index is 1260. The van der Waals surface area contributed by atoms with E-state index in [4.69, 9.17) is 11.6 Å². The van der Waals surface area contributed by atoms with E-state index in [1.165, 1.54) is 16.7 Å². The molecule has 0 aliphatic heterocycles. The number of nitrogens with zero attached hydrogens (tertiary/aromatic N) is 2. The third kappa shape index (κ3) is 3.63. The Morgan fingerprint density at radius 2 is 1.97 bits per heavy atom. The summed E-state index contributed by atoms with van der Waals surface area (Å²) in [7, 11) is 0. The quantitative estimate of drug-likeness (QED) is 0.674. The summed E-state index contributed by atoms with van der Waals surface area (Å²) in [6.07, 6.45) is -1.95. The van der Waals surface area contributed by atoms with E-state index in [1.54, 1.807) is 0 Å². The molecule has 0 bridgehead atoms. The van der Waals surface area contributed by atoms with Crippen molar-refractivity contribution in [3.05, 3.63) is 67.4 Å². The predicted octanol–water partition coefficient (Wildman–Crippen LogP) is 3.34. The van der Waals surface area contributed by atoms with Crippen LogP contribution in [0, 0.1) is 0 Å². The van der Waals surface area contributed by atoms with E-state index < -0.39 is 33.9 Å². The average molecular weight is 425 g/mol. The van der Waals surface area contributed by atoms with Gasteiger partial charge in [0.25, 0.3) is 11.5 Å². The summed E-state index contributed by atoms with van der Waals surface area (Å²) in [5, 5.41) is 1.87. The molecule has 7 nitrogen and oxygen atoms in total. The largest absolute Gasteiger partial charge is 0.417 e. The average Bonchev–Trinajstić information content (AvgIpc) is 3.47. The number of carbonyl (C=O) groups is 1. The number of pyridine rings is 1. The van der Waals surface area contributed by atoms with Crippen LogP contribution in [0.25, 0.3) is 11.0 Å². The Morgan fingerprint density at radius 1 is 1.24 bits per heavy atom. The van der Waals surface area contributed by atoms with Gasteiger partial charge in [0.15, 0.2) is 0 Å². The second-order valence-corrected chi connectivity index (χ2v) is 7.01. The minimum absolute atomic E-state index is 0.0382. The van der Waals surface area contributed by atoms with Crippen LogP contribution in [-0.4, -0.2) is 20.4 Å². The fraction of sp³-hybridized carbons (Fsp3) is 0.222. The third-order valence-corrected chi connectivity index (χ3v) is 4.81. The van der Waals surface area contributed by atoms with Crippen LogP contribution >= 0.6 is 11.6 Å². The zero-order valence-electron chi connectivity index (χ0n) is 14.5. The Morgan fingerprint density at radius 3 is 2.62 bits per heavy atom. The van der Waals surface area contributed by atoms with E-state index in [9.17, 15) is 27.6 Å². The Kier molecular flexibility index (Phi) is 4.45. The van der Waals surface area contributed by atoms with Gasteiger partial charge in [-0.1, -0.05) is 11.6 Å². The van der Waals surface area contributed by atoms with Gasteiger partial charge in [-0.2, -0.15) is 13.2 Å². The number of hydrogen-bond donors (Lipinski definition) is 2. The maximum Gasteiger partial charge on any atom is 0.417 e. The van der Waals surface area contributed by atoms with Gasteiger partial charge < -0.3 is 5.32 Å². The number of halogens is 4. The topological polar surface area (TPSA) is 96.8 Å². The smallest absolute Gasteiger partial charge is 0.322 e. The van der Waals surface area contributed by atoms with Gasteiger partial charge in [0.05, 0.1) is 21.5 Å². The lowest BCUT2D eigenvalue weighted by atomic mass is 10.1. The first kappa shape index (κ1) is 19.2. The Hall–Kier alpha value is -3.14. The van der Waals surface area contributed by atoms with Crippen LogP contribution in [0.2, 0.25) is 5.02 Å². The number of benzene rings is 1. The summed E-state index contributed by atoms with van der Waals surface area (Å²) in [5.74, 6) is -0.765. The molecular formula is C18H12ClF3N4O3. The highest BCUT2D eigenvalue weighted by Crippen LogP contribution is 2.36. The molecule has 0 atom stereocenters. The number of anilines is 1. The van der Waals surface area contributed by atoms with E-state index >= 15 is 0 Å². The lowest BCUT2D eigenvalue weighted by molar-refractivity contribution is -0.137. The summed E-state index contributed by atoms with van der Waals surface area (Å²) in [6, 6.07) is 4.16. The maximum absolute atomic E-state index is 13.0. The summed E-state index contributed by atoms with van der Waals surface area (Å²) >= 11 is 5.57. The van der Waals surface area contributed by atoms with E-state index in [1.807, 2.05) is 0 Å². The molecule has 1 amide bonds. The van der Waals surface area contributed by atoms with Crippen LogP contribution in [0.3, 0.4) is 0 Å². The van der Waals surface area contributed by atoms with Crippen molar-refractivity contribution < 1.29 is 18.0 Å². The summed E-state index contributed by atoms with van der Waals surface area (Å²) < 4.78 is 40.3. The molecule has 11 heteroatoms. The predicted molar refractivity (Wildman–Crippen MR) is 99.3 cm³/mol. The highest BCUT2D eigenvalue weighted by Gasteiger charge is 2.33. The number of nitrogens with one attached hydrogen (secondary N) is 2. The number of aromatic amines is 1. The molecule has 1 aromatic carbocycles. The maximum atomic E-state index is 13.0. The molecule has 0 radical (unpaired) electrons. The van der Waals surface area contributed by atoms with Crippen molar-refractivity contribution in [2.24, 2.45) is 0 Å². The molecule has 2 aromatic heterocycles. The van der Waals surface area contributed by atoms with Crippen molar-refractivity contribution in [1.82, 2.24) is 14.5 Å². The molecule has 1 saturated carbocycles. The van der Waals surface area contributed by atoms with Crippen LogP contribution < -0.4 is 16.6 Å². The van der Waals surface area contributed by atoms with Gasteiger partial charge in [-0.3, -0.25) is 19.1 Å². The second kappa shape index (κ2) is 6.73. The van der Waals surface area contributed by atoms with E-state index in [-0.39, 0.29) is 28.3 Å². The van der Waals surface area contributed by atoms with Gasteiger partial charge in [0.1, 0.15) is 5.65 Å². The first-order valence-corrected chi connectivity index (χ1v) is 8.85. The van der Waals surface area contributed by atoms with E-state index in [0.717, 1.165) is 25.1 Å². The van der Waals surface area contributed by atoms with Crippen molar-refractivity contribution in [2.45, 2.75) is 25.1 Å². The van der Waals surface area contributed by atoms with Crippen molar-refractivity contribution >= 4 is 34.2 Å². The van der Waals surface area contributed by atoms with Crippen LogP contribution in [-0.2, 0) is 6.18 Å². The number of amides is 1. The number of rotatable bonds is 3. The van der Waals surface area contributed by atoms with Crippen molar-refractivity contribution in [2.75, 3.05) is 5.32 Å². The molecule has 1 aliphatic carbocycles. The summed E-state index contributed by atoms with van der Waals surface area (Å²) in [6.45, 7) is 0. The van der Waals surface area contributed by atoms with Crippen LogP contribution in [0.1, 0.15) is 34.8 Å². The van der Waals surface area contributed by atoms with Crippen LogP contribution in [0.5, 0.6) is 0 Å². The molecule has 0 spiro atoms. The van der Waals surface area contributed by atoms with Gasteiger partial charge in [-0.15, -0.1) is 0 Å². The minimum atomic E-state index is -4.68. The number of carbonyl (C=O) groups excluding carboxylic acids is 1. The number of fused-ring (bicyclic) bond motifs is 1. The zero-order chi connectivity index (χ0) is 20.9. The standard InChI is InChI=1S/C18H12ClF3N4O3/c19-13-4-1-9(6-12(13)18(20,21)22)24-15(27)8-5-11-14(23-7-8)26(10-2-3-10)17(29)25-16(11)28/h1,4-7,10H,2-3H2,(H,24,27)(H,25,28,29). The molecule has 4 rings (SSSR count). The Labute approximate surface area is 165 Å². The molecule has 1 fully saturated rings. The Balaban J connectivity index is 1.70. The molecule has 29 heavy (non-hydrogen) atoms. The van der Waals surface area contributed by atoms with Gasteiger partial charge >= 0.3 is 11.9 Å². The van der Waals surface area contributed by atoms with E-state index in [2.05, 4.69) is 15.3 Å². The fourth-order valence-corrected chi connectivity index (χ4v) is 3.18. The molecule has 150 valence electrons. The molecular weight excluding hydrogens is 413 g/mol. The molecule has 1 aliphatic rings. The van der Waals surface area contributed by atoms with Crippen LogP contribution in [0.15, 0.2) is 40.1 Å². The van der Waals surface area contributed by atoms with Crippen molar-refractivity contribution in [3.63, 3.8) is 0 Å². The fourth-order valence-electron chi connectivity index (χ4n) is 2.96. The zero-order valence-corrected chi connectivity index (χ0v) is 15.3. The van der Waals surface area contributed by atoms with Gasteiger partial charge in [0.2, 0.25) is 0 Å². The first-order valence-electron chi connectivity index (χ1n) is 8.48. The number of hydrogen-bond acceptors (Lipinski definition) is 4. The number of H-pyrrole nitrogens is 1. The first-order chi connectivity index (χ1) is 13.6. The molecule has 2 heterocycles. The van der Waals surface area contributed by atoms with E-state index in [0.29, 0.717) is 6.07 Å². The number of alkyl halides is 3. The normalized spacial score (nSPS) is 14.2. The van der Waals surface area contributed by atoms with Gasteiger partial charge in [0, 0.05) is 17.9 Å². The number of aromatic nitrogens is 3. The SMILES string of the molecule is O=C(Nc1ccc(Cl)c(C(F)(F)F)c1)c1cnc2c(c1)c(=O)[nH]c(=O)n2C1CC1. The molecule has 2 N–H and O–H groups in total. The van der Waals surface area contributed by atoms with Crippen LogP contribution in [0.4, 0.5) is 18.9 Å². The minimum Gasteiger partial charge on any atom is -0.322 e.